The summed E-state index contributed by atoms with van der Waals surface area (Å²) in [5, 5.41) is 23.9. The largest absolute Gasteiger partial charge is 0.478 e. The normalized spacial score (nSPS) is 10.7. The molecule has 0 saturated heterocycles. The zero-order valence-corrected chi connectivity index (χ0v) is 19.0. The highest BCUT2D eigenvalue weighted by molar-refractivity contribution is 7.80. The summed E-state index contributed by atoms with van der Waals surface area (Å²) < 4.78 is 0. The minimum Gasteiger partial charge on any atom is -0.478 e. The molecule has 0 aliphatic carbocycles. The number of non-ortho nitro benzene ring substituents is 1. The Morgan fingerprint density at radius 1 is 1.12 bits per heavy atom. The first-order valence-electron chi connectivity index (χ1n) is 9.56. The summed E-state index contributed by atoms with van der Waals surface area (Å²) in [5.41, 5.74) is 5.59. The number of rotatable bonds is 5. The van der Waals surface area contributed by atoms with Crippen molar-refractivity contribution < 1.29 is 19.6 Å². The third-order valence-corrected chi connectivity index (χ3v) is 5.03. The number of nitro groups is 1. The number of nitrogens with zero attached hydrogens (tertiary/aromatic N) is 2. The van der Waals surface area contributed by atoms with Crippen molar-refractivity contribution in [2.45, 2.75) is 19.8 Å². The molecule has 2 aromatic carbocycles. The van der Waals surface area contributed by atoms with E-state index >= 15 is 0 Å². The van der Waals surface area contributed by atoms with Gasteiger partial charge in [-0.15, -0.1) is 0 Å². The maximum Gasteiger partial charge on any atom is 0.338 e. The van der Waals surface area contributed by atoms with Crippen LogP contribution in [0.4, 0.5) is 11.4 Å². The Kier molecular flexibility index (Phi) is 7.04. The topological polar surface area (TPSA) is 146 Å². The van der Waals surface area contributed by atoms with E-state index in [0.717, 1.165) is 0 Å². The number of halogens is 1. The Bertz CT molecular complexity index is 1280. The first-order chi connectivity index (χ1) is 15.6. The number of nitro benzene ring substituents is 1. The number of hydrogen-bond donors (Lipinski definition) is 4. The smallest absolute Gasteiger partial charge is 0.338 e. The molecule has 0 spiro atoms. The third kappa shape index (κ3) is 5.33. The van der Waals surface area contributed by atoms with Gasteiger partial charge in [-0.3, -0.25) is 30.7 Å². The van der Waals surface area contributed by atoms with Crippen molar-refractivity contribution in [1.82, 2.24) is 15.8 Å². The van der Waals surface area contributed by atoms with E-state index in [0.29, 0.717) is 16.2 Å². The average Bonchev–Trinajstić information content (AvgIpc) is 2.76. The van der Waals surface area contributed by atoms with Crippen LogP contribution in [0.1, 0.15) is 46.2 Å². The zero-order chi connectivity index (χ0) is 24.3. The van der Waals surface area contributed by atoms with Crippen molar-refractivity contribution in [1.29, 1.82) is 0 Å². The Balaban J connectivity index is 1.88. The minimum atomic E-state index is -1.30. The van der Waals surface area contributed by atoms with Gasteiger partial charge in [0.1, 0.15) is 0 Å². The zero-order valence-electron chi connectivity index (χ0n) is 17.4. The molecule has 3 aromatic rings. The molecule has 0 atom stereocenters. The Morgan fingerprint density at radius 2 is 1.79 bits per heavy atom. The second-order valence-corrected chi connectivity index (χ2v) is 8.05. The van der Waals surface area contributed by atoms with E-state index in [1.807, 2.05) is 0 Å². The van der Waals surface area contributed by atoms with Gasteiger partial charge >= 0.3 is 5.97 Å². The van der Waals surface area contributed by atoms with Gasteiger partial charge in [-0.05, 0) is 48.5 Å². The number of anilines is 1. The molecule has 170 valence electrons. The lowest BCUT2D eigenvalue weighted by molar-refractivity contribution is -0.384. The number of thiocarbonyl (C=S) groups is 1. The maximum absolute atomic E-state index is 13.1. The van der Waals surface area contributed by atoms with Crippen LogP contribution in [0.5, 0.6) is 0 Å². The number of carbonyl (C=O) groups excluding carboxylic acids is 1. The van der Waals surface area contributed by atoms with Crippen molar-refractivity contribution in [3.63, 3.8) is 0 Å². The molecule has 0 fully saturated rings. The number of carboxylic acids is 1. The molecule has 1 amide bonds. The minimum absolute atomic E-state index is 0.0189. The molecule has 4 N–H and O–H groups in total. The van der Waals surface area contributed by atoms with Crippen molar-refractivity contribution in [3.05, 3.63) is 74.4 Å². The summed E-state index contributed by atoms with van der Waals surface area (Å²) in [5.74, 6) is -2.32. The number of pyridine rings is 1. The van der Waals surface area contributed by atoms with Gasteiger partial charge in [-0.1, -0.05) is 25.4 Å². The number of aromatic carboxylic acids is 1. The second-order valence-electron chi connectivity index (χ2n) is 7.21. The lowest BCUT2D eigenvalue weighted by atomic mass is 9.95. The molecule has 1 heterocycles. The molecular formula is C21H18ClN5O5S. The number of carboxylic acid groups (broad SMARTS) is 1. The summed E-state index contributed by atoms with van der Waals surface area (Å²) in [6.07, 6.45) is 0. The van der Waals surface area contributed by atoms with Crippen LogP contribution in [0.15, 0.2) is 42.5 Å². The fraction of sp³-hybridized carbons (Fsp3) is 0.143. The lowest BCUT2D eigenvalue weighted by Gasteiger charge is -2.17. The molecule has 0 aliphatic heterocycles. The van der Waals surface area contributed by atoms with Crippen LogP contribution in [-0.4, -0.2) is 32.0 Å². The average molecular weight is 488 g/mol. The summed E-state index contributed by atoms with van der Waals surface area (Å²) in [7, 11) is 0. The summed E-state index contributed by atoms with van der Waals surface area (Å²) in [6, 6.07) is 10.2. The number of fused-ring (bicyclic) bond motifs is 1. The molecular weight excluding hydrogens is 470 g/mol. The van der Waals surface area contributed by atoms with Crippen molar-refractivity contribution in [2.75, 3.05) is 5.32 Å². The van der Waals surface area contributed by atoms with Crippen molar-refractivity contribution in [3.8, 4) is 0 Å². The molecule has 0 unspecified atom stereocenters. The van der Waals surface area contributed by atoms with Gasteiger partial charge in [0.15, 0.2) is 5.11 Å². The monoisotopic (exact) mass is 487 g/mol. The summed E-state index contributed by atoms with van der Waals surface area (Å²) in [4.78, 5) is 39.8. The van der Waals surface area contributed by atoms with Crippen molar-refractivity contribution in [2.24, 2.45) is 0 Å². The fourth-order valence-electron chi connectivity index (χ4n) is 3.13. The van der Waals surface area contributed by atoms with Crippen LogP contribution in [0.25, 0.3) is 10.9 Å². The highest BCUT2D eigenvalue weighted by Crippen LogP contribution is 2.30. The second kappa shape index (κ2) is 9.76. The first-order valence-corrected chi connectivity index (χ1v) is 10.3. The fourth-order valence-corrected chi connectivity index (χ4v) is 3.47. The molecule has 1 aromatic heterocycles. The number of amides is 1. The molecule has 12 heteroatoms. The van der Waals surface area contributed by atoms with E-state index in [1.54, 1.807) is 26.0 Å². The molecule has 0 aliphatic rings. The van der Waals surface area contributed by atoms with E-state index in [4.69, 9.17) is 23.8 Å². The number of aromatic nitrogens is 1. The van der Waals surface area contributed by atoms with E-state index < -0.39 is 16.8 Å². The third-order valence-electron chi connectivity index (χ3n) is 4.59. The number of hydrazine groups is 1. The lowest BCUT2D eigenvalue weighted by Crippen LogP contribution is -2.44. The van der Waals surface area contributed by atoms with E-state index in [2.05, 4.69) is 21.2 Å². The number of hydrogen-bond acceptors (Lipinski definition) is 6. The van der Waals surface area contributed by atoms with Crippen LogP contribution >= 0.6 is 23.8 Å². The molecule has 10 nitrogen and oxygen atoms in total. The maximum atomic E-state index is 13.1. The predicted octanol–water partition coefficient (Wildman–Crippen LogP) is 4.25. The quantitative estimate of drug-likeness (QED) is 0.235. The first kappa shape index (κ1) is 23.8. The van der Waals surface area contributed by atoms with Crippen LogP contribution in [-0.2, 0) is 0 Å². The standard InChI is InChI=1S/C21H18ClN5O5S/c1-10(2)18-17(20(29)30)16(14-9-11(22)3-8-15(14)24-18)19(28)25-26-21(33)23-12-4-6-13(7-5-12)27(31)32/h3-10H,1-2H3,(H,25,28)(H,29,30)(H2,23,26,33). The van der Waals surface area contributed by atoms with Gasteiger partial charge in [-0.25, -0.2) is 4.79 Å². The van der Waals surface area contributed by atoms with Gasteiger partial charge < -0.3 is 10.4 Å². The Morgan fingerprint density at radius 3 is 2.36 bits per heavy atom. The van der Waals surface area contributed by atoms with Gasteiger partial charge in [0.25, 0.3) is 11.6 Å². The predicted molar refractivity (Wildman–Crippen MR) is 128 cm³/mol. The van der Waals surface area contributed by atoms with Crippen molar-refractivity contribution >= 4 is 63.1 Å². The van der Waals surface area contributed by atoms with Gasteiger partial charge in [0, 0.05) is 28.2 Å². The van der Waals surface area contributed by atoms with Gasteiger partial charge in [0.05, 0.1) is 27.3 Å². The Labute approximate surface area is 198 Å². The summed E-state index contributed by atoms with van der Waals surface area (Å²) in [6.45, 7) is 3.55. The number of nitrogens with one attached hydrogen (secondary N) is 3. The van der Waals surface area contributed by atoms with Gasteiger partial charge in [0.2, 0.25) is 0 Å². The van der Waals surface area contributed by atoms with E-state index in [1.165, 1.54) is 30.3 Å². The number of carbonyl (C=O) groups is 2. The summed E-state index contributed by atoms with van der Waals surface area (Å²) >= 11 is 11.2. The molecule has 33 heavy (non-hydrogen) atoms. The molecule has 0 radical (unpaired) electrons. The van der Waals surface area contributed by atoms with Crippen LogP contribution in [0.3, 0.4) is 0 Å². The van der Waals surface area contributed by atoms with E-state index in [9.17, 15) is 24.8 Å². The van der Waals surface area contributed by atoms with Gasteiger partial charge in [-0.2, -0.15) is 0 Å². The van der Waals surface area contributed by atoms with Crippen LogP contribution in [0, 0.1) is 10.1 Å². The SMILES string of the molecule is CC(C)c1nc2ccc(Cl)cc2c(C(=O)NNC(=S)Nc2ccc([N+](=O)[O-])cc2)c1C(=O)O. The molecule has 0 bridgehead atoms. The van der Waals surface area contributed by atoms with Crippen LogP contribution < -0.4 is 16.2 Å². The highest BCUT2D eigenvalue weighted by Gasteiger charge is 2.27. The molecule has 0 saturated carbocycles. The van der Waals surface area contributed by atoms with Crippen LogP contribution in [0.2, 0.25) is 5.02 Å². The molecule has 3 rings (SSSR count). The number of benzene rings is 2. The highest BCUT2D eigenvalue weighted by atomic mass is 35.5. The van der Waals surface area contributed by atoms with E-state index in [-0.39, 0.29) is 38.9 Å². The Hall–Kier alpha value is -3.83.